The summed E-state index contributed by atoms with van der Waals surface area (Å²) in [5.74, 6) is 2.61. The second-order valence-electron chi connectivity index (χ2n) is 4.74. The van der Waals surface area contributed by atoms with Crippen LogP contribution in [0.2, 0.25) is 0 Å². The molecule has 3 rings (SSSR count). The number of aromatic nitrogens is 2. The molecule has 0 aromatic carbocycles. The van der Waals surface area contributed by atoms with Crippen LogP contribution in [0.25, 0.3) is 10.2 Å². The van der Waals surface area contributed by atoms with E-state index in [4.69, 9.17) is 9.97 Å². The van der Waals surface area contributed by atoms with E-state index in [-0.39, 0.29) is 0 Å². The maximum absolute atomic E-state index is 4.75. The van der Waals surface area contributed by atoms with Crippen molar-refractivity contribution in [1.29, 1.82) is 0 Å². The third kappa shape index (κ3) is 1.90. The number of nitrogens with zero attached hydrogens (tertiary/aromatic N) is 2. The van der Waals surface area contributed by atoms with E-state index in [0.717, 1.165) is 21.9 Å². The van der Waals surface area contributed by atoms with Crippen molar-refractivity contribution in [2.75, 3.05) is 12.4 Å². The van der Waals surface area contributed by atoms with Crippen LogP contribution in [0.4, 0.5) is 5.82 Å². The molecular weight excluding hydrogens is 230 g/mol. The molecule has 0 saturated heterocycles. The summed E-state index contributed by atoms with van der Waals surface area (Å²) in [6.07, 6.45) is 5.15. The van der Waals surface area contributed by atoms with Crippen molar-refractivity contribution < 1.29 is 0 Å². The van der Waals surface area contributed by atoms with Gasteiger partial charge in [0.25, 0.3) is 0 Å². The predicted molar refractivity (Wildman–Crippen MR) is 72.9 cm³/mol. The Morgan fingerprint density at radius 1 is 1.29 bits per heavy atom. The Morgan fingerprint density at radius 3 is 2.76 bits per heavy atom. The van der Waals surface area contributed by atoms with Gasteiger partial charge in [-0.3, -0.25) is 0 Å². The summed E-state index contributed by atoms with van der Waals surface area (Å²) in [6.45, 7) is 2.13. The van der Waals surface area contributed by atoms with Crippen molar-refractivity contribution in [2.45, 2.75) is 38.5 Å². The first-order valence-corrected chi connectivity index (χ1v) is 7.05. The smallest absolute Gasteiger partial charge is 0.138 e. The third-order valence-electron chi connectivity index (χ3n) is 3.49. The van der Waals surface area contributed by atoms with Crippen LogP contribution in [-0.2, 0) is 0 Å². The molecule has 0 aliphatic heterocycles. The van der Waals surface area contributed by atoms with E-state index >= 15 is 0 Å². The Kier molecular flexibility index (Phi) is 2.74. The second kappa shape index (κ2) is 4.26. The number of anilines is 1. The van der Waals surface area contributed by atoms with Crippen molar-refractivity contribution in [3.63, 3.8) is 0 Å². The lowest BCUT2D eigenvalue weighted by molar-refractivity contribution is 0.674. The first kappa shape index (κ1) is 11.0. The highest BCUT2D eigenvalue weighted by Crippen LogP contribution is 2.35. The van der Waals surface area contributed by atoms with Gasteiger partial charge in [-0.25, -0.2) is 9.97 Å². The number of aryl methyl sites for hydroxylation is 1. The zero-order valence-corrected chi connectivity index (χ0v) is 11.1. The lowest BCUT2D eigenvalue weighted by atomic mass is 10.1. The molecule has 90 valence electrons. The van der Waals surface area contributed by atoms with Gasteiger partial charge in [-0.05, 0) is 25.8 Å². The van der Waals surface area contributed by atoms with Crippen LogP contribution in [0.5, 0.6) is 0 Å². The fourth-order valence-electron chi connectivity index (χ4n) is 2.62. The van der Waals surface area contributed by atoms with E-state index in [1.165, 1.54) is 30.6 Å². The summed E-state index contributed by atoms with van der Waals surface area (Å²) in [5.41, 5.74) is 0. The van der Waals surface area contributed by atoms with E-state index in [1.54, 1.807) is 11.3 Å². The number of thiophene rings is 1. The summed E-state index contributed by atoms with van der Waals surface area (Å²) >= 11 is 1.76. The molecule has 0 spiro atoms. The molecule has 17 heavy (non-hydrogen) atoms. The Morgan fingerprint density at radius 2 is 2.06 bits per heavy atom. The summed E-state index contributed by atoms with van der Waals surface area (Å²) < 4.78 is 0. The molecular formula is C13H17N3S. The van der Waals surface area contributed by atoms with Crippen molar-refractivity contribution in [3.8, 4) is 0 Å². The normalized spacial score (nSPS) is 16.8. The molecule has 0 unspecified atom stereocenters. The van der Waals surface area contributed by atoms with Crippen LogP contribution in [0, 0.1) is 6.92 Å². The largest absolute Gasteiger partial charge is 0.372 e. The van der Waals surface area contributed by atoms with Crippen LogP contribution in [0.3, 0.4) is 0 Å². The summed E-state index contributed by atoms with van der Waals surface area (Å²) in [5, 5.41) is 4.37. The maximum atomic E-state index is 4.75. The van der Waals surface area contributed by atoms with E-state index in [0.29, 0.717) is 5.92 Å². The molecule has 2 heterocycles. The highest BCUT2D eigenvalue weighted by Gasteiger charge is 2.21. The average Bonchev–Trinajstić information content (AvgIpc) is 2.94. The highest BCUT2D eigenvalue weighted by atomic mass is 32.1. The van der Waals surface area contributed by atoms with Crippen molar-refractivity contribution in [3.05, 3.63) is 16.8 Å². The first-order valence-electron chi connectivity index (χ1n) is 6.24. The highest BCUT2D eigenvalue weighted by molar-refractivity contribution is 7.18. The second-order valence-corrected chi connectivity index (χ2v) is 5.97. The van der Waals surface area contributed by atoms with Crippen LogP contribution >= 0.6 is 11.3 Å². The SMILES string of the molecule is CNc1nc(C2CCCC2)nc2sc(C)cc12. The molecule has 2 aromatic rings. The van der Waals surface area contributed by atoms with Gasteiger partial charge in [0.2, 0.25) is 0 Å². The molecule has 3 nitrogen and oxygen atoms in total. The van der Waals surface area contributed by atoms with Crippen LogP contribution in [-0.4, -0.2) is 17.0 Å². The predicted octanol–water partition coefficient (Wildman–Crippen LogP) is 3.70. The summed E-state index contributed by atoms with van der Waals surface area (Å²) in [7, 11) is 1.94. The van der Waals surface area contributed by atoms with Crippen LogP contribution in [0.15, 0.2) is 6.07 Å². The zero-order chi connectivity index (χ0) is 11.8. The molecule has 0 radical (unpaired) electrons. The molecule has 0 bridgehead atoms. The van der Waals surface area contributed by atoms with E-state index < -0.39 is 0 Å². The number of nitrogens with one attached hydrogen (secondary N) is 1. The molecule has 0 amide bonds. The van der Waals surface area contributed by atoms with Crippen molar-refractivity contribution in [2.24, 2.45) is 0 Å². The van der Waals surface area contributed by atoms with Crippen LogP contribution in [0.1, 0.15) is 42.3 Å². The number of fused-ring (bicyclic) bond motifs is 1. The van der Waals surface area contributed by atoms with Crippen molar-refractivity contribution >= 4 is 27.4 Å². The minimum atomic E-state index is 0.578. The number of hydrogen-bond donors (Lipinski definition) is 1. The molecule has 1 saturated carbocycles. The van der Waals surface area contributed by atoms with E-state index in [2.05, 4.69) is 18.3 Å². The zero-order valence-electron chi connectivity index (χ0n) is 10.3. The summed E-state index contributed by atoms with van der Waals surface area (Å²) in [4.78, 5) is 11.9. The van der Waals surface area contributed by atoms with Gasteiger partial charge >= 0.3 is 0 Å². The standard InChI is InChI=1S/C13H17N3S/c1-8-7-10-12(14-2)15-11(16-13(10)17-8)9-5-3-4-6-9/h7,9H,3-6H2,1-2H3,(H,14,15,16). The monoisotopic (exact) mass is 247 g/mol. The molecule has 1 aliphatic carbocycles. The Bertz CT molecular complexity index is 541. The van der Waals surface area contributed by atoms with Gasteiger partial charge < -0.3 is 5.32 Å². The topological polar surface area (TPSA) is 37.8 Å². The molecule has 1 aliphatic rings. The minimum Gasteiger partial charge on any atom is -0.372 e. The van der Waals surface area contributed by atoms with Gasteiger partial charge in [0, 0.05) is 17.8 Å². The van der Waals surface area contributed by atoms with E-state index in [9.17, 15) is 0 Å². The molecule has 1 N–H and O–H groups in total. The fourth-order valence-corrected chi connectivity index (χ4v) is 3.50. The Hall–Kier alpha value is -1.16. The third-order valence-corrected chi connectivity index (χ3v) is 4.43. The number of hydrogen-bond acceptors (Lipinski definition) is 4. The fraction of sp³-hybridized carbons (Fsp3) is 0.538. The maximum Gasteiger partial charge on any atom is 0.138 e. The lowest BCUT2D eigenvalue weighted by Crippen LogP contribution is -2.03. The quantitative estimate of drug-likeness (QED) is 0.879. The van der Waals surface area contributed by atoms with Gasteiger partial charge in [0.05, 0.1) is 5.39 Å². The van der Waals surface area contributed by atoms with Gasteiger partial charge in [0.1, 0.15) is 16.5 Å². The molecule has 0 atom stereocenters. The first-order chi connectivity index (χ1) is 8.28. The molecule has 2 aromatic heterocycles. The summed E-state index contributed by atoms with van der Waals surface area (Å²) in [6, 6.07) is 2.17. The Balaban J connectivity index is 2.13. The average molecular weight is 247 g/mol. The number of rotatable bonds is 2. The lowest BCUT2D eigenvalue weighted by Gasteiger charge is -2.09. The van der Waals surface area contributed by atoms with Crippen LogP contribution < -0.4 is 5.32 Å². The molecule has 4 heteroatoms. The van der Waals surface area contributed by atoms with Gasteiger partial charge in [-0.15, -0.1) is 11.3 Å². The van der Waals surface area contributed by atoms with Crippen molar-refractivity contribution in [1.82, 2.24) is 9.97 Å². The van der Waals surface area contributed by atoms with E-state index in [1.807, 2.05) is 7.05 Å². The van der Waals surface area contributed by atoms with Gasteiger partial charge in [-0.2, -0.15) is 0 Å². The minimum absolute atomic E-state index is 0.578. The van der Waals surface area contributed by atoms with Gasteiger partial charge in [0.15, 0.2) is 0 Å². The molecule has 1 fully saturated rings. The Labute approximate surface area is 105 Å². The van der Waals surface area contributed by atoms with Gasteiger partial charge in [-0.1, -0.05) is 12.8 Å².